The Hall–Kier alpha value is -1.38. The lowest BCUT2D eigenvalue weighted by Gasteiger charge is -2.39. The molecule has 4 heterocycles. The van der Waals surface area contributed by atoms with Gasteiger partial charge in [0, 0.05) is 23.6 Å². The number of carbonyl (C=O) groups is 1. The van der Waals surface area contributed by atoms with E-state index in [0.29, 0.717) is 23.4 Å². The van der Waals surface area contributed by atoms with Crippen LogP contribution in [0.4, 0.5) is 0 Å². The van der Waals surface area contributed by atoms with Gasteiger partial charge in [0.2, 0.25) is 5.91 Å². The van der Waals surface area contributed by atoms with E-state index in [0.717, 1.165) is 61.8 Å². The van der Waals surface area contributed by atoms with E-state index in [1.807, 2.05) is 9.47 Å². The number of thiophene rings is 1. The fourth-order valence-electron chi connectivity index (χ4n) is 5.78. The molecule has 5 rings (SSSR count). The average Bonchev–Trinajstić information content (AvgIpc) is 3.41. The van der Waals surface area contributed by atoms with Crippen molar-refractivity contribution in [1.82, 2.24) is 14.5 Å². The van der Waals surface area contributed by atoms with Gasteiger partial charge in [-0.3, -0.25) is 14.2 Å². The molecule has 4 atom stereocenters. The van der Waals surface area contributed by atoms with Crippen LogP contribution in [-0.2, 0) is 28.9 Å². The molecule has 6 nitrogen and oxygen atoms in total. The highest BCUT2D eigenvalue weighted by Crippen LogP contribution is 2.37. The number of amides is 1. The van der Waals surface area contributed by atoms with Gasteiger partial charge in [0.25, 0.3) is 5.56 Å². The summed E-state index contributed by atoms with van der Waals surface area (Å²) in [5.74, 6) is 1.12. The summed E-state index contributed by atoms with van der Waals surface area (Å²) in [4.78, 5) is 36.1. The minimum Gasteiger partial charge on any atom is -0.376 e. The van der Waals surface area contributed by atoms with E-state index in [9.17, 15) is 9.59 Å². The highest BCUT2D eigenvalue weighted by atomic mass is 32.2. The maximum atomic E-state index is 13.8. The molecule has 0 saturated carbocycles. The van der Waals surface area contributed by atoms with Crippen molar-refractivity contribution in [2.75, 3.05) is 12.4 Å². The zero-order chi connectivity index (χ0) is 23.1. The fraction of sp³-hybridized carbons (Fsp3) is 0.720. The van der Waals surface area contributed by atoms with Gasteiger partial charge in [-0.1, -0.05) is 18.7 Å². The summed E-state index contributed by atoms with van der Waals surface area (Å²) in [6.45, 7) is 7.86. The summed E-state index contributed by atoms with van der Waals surface area (Å²) in [6, 6.07) is 0.551. The lowest BCUT2D eigenvalue weighted by molar-refractivity contribution is -0.134. The van der Waals surface area contributed by atoms with E-state index in [-0.39, 0.29) is 29.7 Å². The molecule has 0 bridgehead atoms. The number of carbonyl (C=O) groups excluding carboxylic acids is 1. The third kappa shape index (κ3) is 4.63. The quantitative estimate of drug-likeness (QED) is 0.452. The lowest BCUT2D eigenvalue weighted by atomic mass is 9.89. The summed E-state index contributed by atoms with van der Waals surface area (Å²) < 4.78 is 7.68. The van der Waals surface area contributed by atoms with Gasteiger partial charge in [0.05, 0.1) is 23.8 Å². The first kappa shape index (κ1) is 23.4. The van der Waals surface area contributed by atoms with Crippen molar-refractivity contribution < 1.29 is 9.53 Å². The van der Waals surface area contributed by atoms with Crippen LogP contribution in [0.15, 0.2) is 9.95 Å². The Kier molecular flexibility index (Phi) is 6.87. The van der Waals surface area contributed by atoms with Crippen molar-refractivity contribution in [3.8, 4) is 0 Å². The second-order valence-corrected chi connectivity index (χ2v) is 12.2. The number of aromatic nitrogens is 2. The molecule has 0 spiro atoms. The van der Waals surface area contributed by atoms with Crippen molar-refractivity contribution in [3.63, 3.8) is 0 Å². The van der Waals surface area contributed by atoms with Gasteiger partial charge in [0.1, 0.15) is 4.83 Å². The van der Waals surface area contributed by atoms with Gasteiger partial charge in [-0.15, -0.1) is 11.3 Å². The fourth-order valence-corrected chi connectivity index (χ4v) is 8.08. The molecule has 0 aromatic carbocycles. The summed E-state index contributed by atoms with van der Waals surface area (Å²) in [5.41, 5.74) is 1.27. The molecule has 0 N–H and O–H groups in total. The highest BCUT2D eigenvalue weighted by Gasteiger charge is 2.30. The monoisotopic (exact) mass is 489 g/mol. The minimum atomic E-state index is 0.0497. The molecule has 2 fully saturated rings. The van der Waals surface area contributed by atoms with Crippen molar-refractivity contribution in [1.29, 1.82) is 0 Å². The Balaban J connectivity index is 1.47. The number of hydrogen-bond acceptors (Lipinski definition) is 6. The number of hydrogen-bond donors (Lipinski definition) is 0. The zero-order valence-corrected chi connectivity index (χ0v) is 21.6. The van der Waals surface area contributed by atoms with Crippen LogP contribution in [-0.4, -0.2) is 50.9 Å². The third-order valence-electron chi connectivity index (χ3n) is 7.60. The standard InChI is InChI=1S/C25H35N3O3S2/c1-15-9-10-19-20(12-15)33-23-22(19)24(30)27(13-18-8-5-11-31-18)25(26-23)32-14-21(29)28-16(2)6-4-7-17(28)3/h15-18H,4-14H2,1-3H3. The van der Waals surface area contributed by atoms with Gasteiger partial charge < -0.3 is 9.64 Å². The van der Waals surface area contributed by atoms with Crippen LogP contribution >= 0.6 is 23.1 Å². The van der Waals surface area contributed by atoms with Crippen LogP contribution in [0.1, 0.15) is 69.7 Å². The largest absolute Gasteiger partial charge is 0.376 e. The molecule has 2 aromatic heterocycles. The predicted octanol–water partition coefficient (Wildman–Crippen LogP) is 4.64. The third-order valence-corrected chi connectivity index (χ3v) is 9.71. The van der Waals surface area contributed by atoms with Crippen molar-refractivity contribution in [3.05, 3.63) is 20.8 Å². The predicted molar refractivity (Wildman–Crippen MR) is 134 cm³/mol. The number of piperidine rings is 1. The molecule has 1 amide bonds. The van der Waals surface area contributed by atoms with E-state index in [1.54, 1.807) is 11.3 Å². The molecule has 0 radical (unpaired) electrons. The van der Waals surface area contributed by atoms with Gasteiger partial charge in [-0.25, -0.2) is 4.98 Å². The summed E-state index contributed by atoms with van der Waals surface area (Å²) in [6.07, 6.45) is 8.48. The zero-order valence-electron chi connectivity index (χ0n) is 20.0. The Morgan fingerprint density at radius 1 is 1.15 bits per heavy atom. The first-order valence-electron chi connectivity index (χ1n) is 12.5. The van der Waals surface area contributed by atoms with E-state index < -0.39 is 0 Å². The van der Waals surface area contributed by atoms with Crippen LogP contribution in [0.3, 0.4) is 0 Å². The second-order valence-electron chi connectivity index (χ2n) is 10.2. The number of aryl methyl sites for hydroxylation is 1. The van der Waals surface area contributed by atoms with Crippen molar-refractivity contribution in [2.45, 2.75) is 102 Å². The summed E-state index contributed by atoms with van der Waals surface area (Å²) in [5, 5.41) is 1.48. The first-order chi connectivity index (χ1) is 15.9. The normalized spacial score (nSPS) is 27.8. The Morgan fingerprint density at radius 2 is 1.94 bits per heavy atom. The maximum absolute atomic E-state index is 13.8. The van der Waals surface area contributed by atoms with Crippen LogP contribution in [0.5, 0.6) is 0 Å². The molecule has 8 heteroatoms. The molecule has 2 aliphatic heterocycles. The molecule has 180 valence electrons. The molecule has 3 aliphatic rings. The number of likely N-dealkylation sites (tertiary alicyclic amines) is 1. The van der Waals surface area contributed by atoms with E-state index in [2.05, 4.69) is 20.8 Å². The lowest BCUT2D eigenvalue weighted by Crippen LogP contribution is -2.48. The Labute approximate surface area is 204 Å². The number of rotatable bonds is 5. The first-order valence-corrected chi connectivity index (χ1v) is 14.3. The number of thioether (sulfide) groups is 1. The van der Waals surface area contributed by atoms with Crippen LogP contribution in [0, 0.1) is 5.92 Å². The van der Waals surface area contributed by atoms with Gasteiger partial charge in [0.15, 0.2) is 5.16 Å². The molecule has 4 unspecified atom stereocenters. The van der Waals surface area contributed by atoms with Gasteiger partial charge in [-0.2, -0.15) is 0 Å². The number of fused-ring (bicyclic) bond motifs is 3. The van der Waals surface area contributed by atoms with Crippen LogP contribution in [0.25, 0.3) is 10.2 Å². The van der Waals surface area contributed by atoms with Crippen molar-refractivity contribution >= 4 is 39.2 Å². The number of nitrogens with zero attached hydrogens (tertiary/aromatic N) is 3. The summed E-state index contributed by atoms with van der Waals surface area (Å²) in [7, 11) is 0. The molecule has 2 aromatic rings. The average molecular weight is 490 g/mol. The van der Waals surface area contributed by atoms with E-state index >= 15 is 0 Å². The SMILES string of the molecule is CC1CCc2c(sc3nc(SCC(=O)N4C(C)CCCC4C)n(CC4CCCO4)c(=O)c23)C1. The van der Waals surface area contributed by atoms with Crippen molar-refractivity contribution in [2.24, 2.45) is 5.92 Å². The molecule has 2 saturated heterocycles. The van der Waals surface area contributed by atoms with E-state index in [1.165, 1.54) is 28.6 Å². The molecule has 1 aliphatic carbocycles. The topological polar surface area (TPSA) is 64.4 Å². The summed E-state index contributed by atoms with van der Waals surface area (Å²) >= 11 is 3.11. The van der Waals surface area contributed by atoms with Crippen LogP contribution in [0.2, 0.25) is 0 Å². The highest BCUT2D eigenvalue weighted by molar-refractivity contribution is 7.99. The van der Waals surface area contributed by atoms with Gasteiger partial charge in [-0.05, 0) is 76.7 Å². The molecular weight excluding hydrogens is 454 g/mol. The maximum Gasteiger partial charge on any atom is 0.263 e. The van der Waals surface area contributed by atoms with Crippen LogP contribution < -0.4 is 5.56 Å². The Morgan fingerprint density at radius 3 is 2.67 bits per heavy atom. The Bertz CT molecular complexity index is 1080. The molecule has 33 heavy (non-hydrogen) atoms. The van der Waals surface area contributed by atoms with Gasteiger partial charge >= 0.3 is 0 Å². The minimum absolute atomic E-state index is 0.0497. The second kappa shape index (κ2) is 9.70. The molecular formula is C25H35N3O3S2. The van der Waals surface area contributed by atoms with E-state index in [4.69, 9.17) is 9.72 Å². The number of ether oxygens (including phenoxy) is 1. The smallest absolute Gasteiger partial charge is 0.263 e.